The summed E-state index contributed by atoms with van der Waals surface area (Å²) in [6.45, 7) is 4.93. The maximum absolute atomic E-state index is 13.7. The number of fused-ring (bicyclic) bond motifs is 2. The minimum atomic E-state index is -1.02. The monoisotopic (exact) mass is 472 g/mol. The van der Waals surface area contributed by atoms with Crippen LogP contribution in [-0.2, 0) is 33.9 Å². The smallest absolute Gasteiger partial charge is 0.304 e. The third kappa shape index (κ3) is 6.07. The molecule has 1 aliphatic rings. The number of rotatable bonds is 9. The quantitative estimate of drug-likeness (QED) is 0.479. The topological polar surface area (TPSA) is 86.7 Å². The Morgan fingerprint density at radius 2 is 1.54 bits per heavy atom. The van der Waals surface area contributed by atoms with Crippen molar-refractivity contribution in [2.75, 3.05) is 0 Å². The van der Waals surface area contributed by atoms with Crippen LogP contribution in [0.2, 0.25) is 0 Å². The normalized spacial score (nSPS) is 14.5. The van der Waals surface area contributed by atoms with Crippen LogP contribution in [-0.4, -0.2) is 33.8 Å². The SMILES string of the molecule is CC(C)C[C@@H](CC(=O)O)C(=O)N[C@@H](Cc1ccc2ccccc2c1)C(=O)N1Cc2ccccc2C1. The van der Waals surface area contributed by atoms with Gasteiger partial charge in [-0.05, 0) is 39.8 Å². The molecule has 0 spiro atoms. The highest BCUT2D eigenvalue weighted by Gasteiger charge is 2.32. The summed E-state index contributed by atoms with van der Waals surface area (Å²) in [6.07, 6.45) is 0.532. The zero-order valence-corrected chi connectivity index (χ0v) is 20.2. The number of nitrogens with zero attached hydrogens (tertiary/aromatic N) is 1. The van der Waals surface area contributed by atoms with Gasteiger partial charge < -0.3 is 15.3 Å². The summed E-state index contributed by atoms with van der Waals surface area (Å²) >= 11 is 0. The molecular formula is C29H32N2O4. The molecule has 0 saturated carbocycles. The summed E-state index contributed by atoms with van der Waals surface area (Å²) in [6, 6.07) is 21.2. The van der Waals surface area contributed by atoms with Gasteiger partial charge in [-0.2, -0.15) is 0 Å². The number of carboxylic acid groups (broad SMARTS) is 1. The van der Waals surface area contributed by atoms with Gasteiger partial charge in [0, 0.05) is 25.4 Å². The van der Waals surface area contributed by atoms with Crippen LogP contribution in [0.25, 0.3) is 10.8 Å². The van der Waals surface area contributed by atoms with Crippen molar-refractivity contribution in [3.05, 3.63) is 83.4 Å². The van der Waals surface area contributed by atoms with Crippen molar-refractivity contribution in [3.8, 4) is 0 Å². The fourth-order valence-electron chi connectivity index (χ4n) is 4.86. The minimum Gasteiger partial charge on any atom is -0.481 e. The van der Waals surface area contributed by atoms with E-state index in [1.807, 2.05) is 80.6 Å². The van der Waals surface area contributed by atoms with E-state index >= 15 is 0 Å². The Bertz CT molecular complexity index is 1210. The highest BCUT2D eigenvalue weighted by Crippen LogP contribution is 2.25. The average Bonchev–Trinajstić information content (AvgIpc) is 3.26. The van der Waals surface area contributed by atoms with Crippen molar-refractivity contribution in [3.63, 3.8) is 0 Å². The van der Waals surface area contributed by atoms with Gasteiger partial charge in [-0.15, -0.1) is 0 Å². The van der Waals surface area contributed by atoms with Gasteiger partial charge in [0.2, 0.25) is 11.8 Å². The summed E-state index contributed by atoms with van der Waals surface area (Å²) in [5.41, 5.74) is 3.16. The predicted molar refractivity (Wildman–Crippen MR) is 135 cm³/mol. The van der Waals surface area contributed by atoms with E-state index in [0.29, 0.717) is 25.9 Å². The average molecular weight is 473 g/mol. The molecule has 6 nitrogen and oxygen atoms in total. The van der Waals surface area contributed by atoms with E-state index in [2.05, 4.69) is 5.32 Å². The van der Waals surface area contributed by atoms with Gasteiger partial charge in [-0.25, -0.2) is 0 Å². The van der Waals surface area contributed by atoms with Crippen LogP contribution in [0.4, 0.5) is 0 Å². The molecule has 0 saturated heterocycles. The van der Waals surface area contributed by atoms with Gasteiger partial charge in [0.15, 0.2) is 0 Å². The maximum atomic E-state index is 13.7. The van der Waals surface area contributed by atoms with Gasteiger partial charge in [0.05, 0.1) is 6.42 Å². The van der Waals surface area contributed by atoms with E-state index in [-0.39, 0.29) is 24.2 Å². The first-order valence-corrected chi connectivity index (χ1v) is 12.2. The van der Waals surface area contributed by atoms with Crippen LogP contribution in [0, 0.1) is 11.8 Å². The Morgan fingerprint density at radius 3 is 2.17 bits per heavy atom. The Hall–Kier alpha value is -3.67. The molecule has 3 aromatic carbocycles. The predicted octanol–water partition coefficient (Wildman–Crippen LogP) is 4.55. The number of amides is 2. The van der Waals surface area contributed by atoms with Crippen molar-refractivity contribution in [2.45, 2.75) is 52.2 Å². The Morgan fingerprint density at radius 1 is 0.914 bits per heavy atom. The fourth-order valence-corrected chi connectivity index (χ4v) is 4.86. The summed E-state index contributed by atoms with van der Waals surface area (Å²) in [7, 11) is 0. The molecule has 0 aromatic heterocycles. The Kier molecular flexibility index (Phi) is 7.49. The van der Waals surface area contributed by atoms with Gasteiger partial charge in [0.1, 0.15) is 6.04 Å². The molecular weight excluding hydrogens is 440 g/mol. The first kappa shape index (κ1) is 24.5. The van der Waals surface area contributed by atoms with Crippen LogP contribution < -0.4 is 5.32 Å². The fraction of sp³-hybridized carbons (Fsp3) is 0.345. The van der Waals surface area contributed by atoms with Crippen molar-refractivity contribution in [1.82, 2.24) is 10.2 Å². The van der Waals surface area contributed by atoms with Crippen LogP contribution >= 0.6 is 0 Å². The molecule has 1 aliphatic heterocycles. The van der Waals surface area contributed by atoms with Crippen molar-refractivity contribution in [1.29, 1.82) is 0 Å². The van der Waals surface area contributed by atoms with Crippen molar-refractivity contribution in [2.24, 2.45) is 11.8 Å². The van der Waals surface area contributed by atoms with Gasteiger partial charge >= 0.3 is 5.97 Å². The van der Waals surface area contributed by atoms with E-state index in [1.54, 1.807) is 4.90 Å². The highest BCUT2D eigenvalue weighted by molar-refractivity contribution is 5.90. The largest absolute Gasteiger partial charge is 0.481 e. The van der Waals surface area contributed by atoms with Crippen LogP contribution in [0.15, 0.2) is 66.7 Å². The van der Waals surface area contributed by atoms with E-state index < -0.39 is 17.9 Å². The zero-order valence-electron chi connectivity index (χ0n) is 20.2. The number of carboxylic acids is 1. The molecule has 3 aromatic rings. The number of carbonyl (C=O) groups is 3. The maximum Gasteiger partial charge on any atom is 0.304 e. The standard InChI is InChI=1S/C29H32N2O4/c1-19(2)13-25(16-27(32)33)28(34)30-26(15-20-11-12-21-7-3-4-8-22(21)14-20)29(35)31-17-23-9-5-6-10-24(23)18-31/h3-12,14,19,25-26H,13,15-18H2,1-2H3,(H,30,34)(H,32,33)/t25-,26-/m0/s1. The summed E-state index contributed by atoms with van der Waals surface area (Å²) in [5.74, 6) is -2.07. The van der Waals surface area contributed by atoms with Crippen molar-refractivity contribution < 1.29 is 19.5 Å². The first-order valence-electron chi connectivity index (χ1n) is 12.2. The number of nitrogens with one attached hydrogen (secondary N) is 1. The third-order valence-corrected chi connectivity index (χ3v) is 6.57. The van der Waals surface area contributed by atoms with Crippen molar-refractivity contribution >= 4 is 28.6 Å². The van der Waals surface area contributed by atoms with E-state index in [1.165, 1.54) is 0 Å². The number of hydrogen-bond acceptors (Lipinski definition) is 3. The van der Waals surface area contributed by atoms with Crippen LogP contribution in [0.1, 0.15) is 43.4 Å². The summed E-state index contributed by atoms with van der Waals surface area (Å²) in [5, 5.41) is 14.5. The van der Waals surface area contributed by atoms with Gasteiger partial charge in [-0.1, -0.05) is 80.6 Å². The summed E-state index contributed by atoms with van der Waals surface area (Å²) in [4.78, 5) is 40.1. The molecule has 182 valence electrons. The lowest BCUT2D eigenvalue weighted by Gasteiger charge is -2.26. The zero-order chi connectivity index (χ0) is 24.9. The minimum absolute atomic E-state index is 0.152. The number of aliphatic carboxylic acids is 1. The van der Waals surface area contributed by atoms with E-state index in [0.717, 1.165) is 27.5 Å². The second-order valence-corrected chi connectivity index (χ2v) is 9.83. The Balaban J connectivity index is 1.58. The molecule has 2 amide bonds. The van der Waals surface area contributed by atoms with E-state index in [4.69, 9.17) is 0 Å². The third-order valence-electron chi connectivity index (χ3n) is 6.57. The lowest BCUT2D eigenvalue weighted by Crippen LogP contribution is -2.50. The summed E-state index contributed by atoms with van der Waals surface area (Å²) < 4.78 is 0. The molecule has 0 bridgehead atoms. The molecule has 1 heterocycles. The number of benzene rings is 3. The van der Waals surface area contributed by atoms with Gasteiger partial charge in [-0.3, -0.25) is 14.4 Å². The highest BCUT2D eigenvalue weighted by atomic mass is 16.4. The molecule has 2 atom stereocenters. The molecule has 0 radical (unpaired) electrons. The molecule has 0 unspecified atom stereocenters. The lowest BCUT2D eigenvalue weighted by molar-refractivity contribution is -0.142. The molecule has 35 heavy (non-hydrogen) atoms. The Labute approximate surface area is 205 Å². The van der Waals surface area contributed by atoms with Crippen LogP contribution in [0.3, 0.4) is 0 Å². The number of hydrogen-bond donors (Lipinski definition) is 2. The first-order chi connectivity index (χ1) is 16.8. The molecule has 6 heteroatoms. The van der Waals surface area contributed by atoms with Gasteiger partial charge in [0.25, 0.3) is 0 Å². The molecule has 4 rings (SSSR count). The lowest BCUT2D eigenvalue weighted by atomic mass is 9.92. The molecule has 0 aliphatic carbocycles. The molecule has 2 N–H and O–H groups in total. The van der Waals surface area contributed by atoms with Crippen LogP contribution in [0.5, 0.6) is 0 Å². The second kappa shape index (κ2) is 10.7. The van der Waals surface area contributed by atoms with E-state index in [9.17, 15) is 19.5 Å². The second-order valence-electron chi connectivity index (χ2n) is 9.83. The number of carbonyl (C=O) groups excluding carboxylic acids is 2. The molecule has 0 fully saturated rings.